The molecule has 1 N–H and O–H groups in total. The van der Waals surface area contributed by atoms with Gasteiger partial charge in [-0.1, -0.05) is 67.5 Å². The van der Waals surface area contributed by atoms with Gasteiger partial charge in [0.15, 0.2) is 0 Å². The van der Waals surface area contributed by atoms with Gasteiger partial charge in [-0.25, -0.2) is 9.67 Å². The molecule has 2 aromatic carbocycles. The van der Waals surface area contributed by atoms with Gasteiger partial charge in [0.1, 0.15) is 29.2 Å². The molecule has 8 heteroatoms. The van der Waals surface area contributed by atoms with Crippen LogP contribution in [0.2, 0.25) is 0 Å². The fourth-order valence-electron chi connectivity index (χ4n) is 4.57. The molecular formula is C25H27N5O2S. The van der Waals surface area contributed by atoms with E-state index in [1.54, 1.807) is 0 Å². The molecule has 7 nitrogen and oxygen atoms in total. The Morgan fingerprint density at radius 3 is 2.64 bits per heavy atom. The summed E-state index contributed by atoms with van der Waals surface area (Å²) in [5.41, 5.74) is 2.03. The highest BCUT2D eigenvalue weighted by Gasteiger charge is 2.30. The van der Waals surface area contributed by atoms with Gasteiger partial charge < -0.3 is 15.0 Å². The van der Waals surface area contributed by atoms with Crippen molar-refractivity contribution in [1.29, 1.82) is 0 Å². The van der Waals surface area contributed by atoms with Gasteiger partial charge in [-0.15, -0.1) is 5.10 Å². The molecule has 1 aromatic heterocycles. The maximum Gasteiger partial charge on any atom is 0.291 e. The molecule has 0 spiro atoms. The Balaban J connectivity index is 1.37. The first-order chi connectivity index (χ1) is 16.1. The van der Waals surface area contributed by atoms with Crippen LogP contribution < -0.4 is 15.0 Å². The second-order valence-corrected chi connectivity index (χ2v) is 9.02. The van der Waals surface area contributed by atoms with Crippen molar-refractivity contribution in [3.63, 3.8) is 0 Å². The number of hydrogen-bond acceptors (Lipinski definition) is 5. The normalized spacial score (nSPS) is 18.5. The summed E-state index contributed by atoms with van der Waals surface area (Å²) in [6.45, 7) is 0.256. The number of ether oxygens (including phenoxy) is 1. The average Bonchev–Trinajstić information content (AvgIpc) is 3.49. The molecule has 1 saturated carbocycles. The molecule has 2 heterocycles. The summed E-state index contributed by atoms with van der Waals surface area (Å²) >= 11 is 5.67. The topological polar surface area (TPSA) is 72.3 Å². The second kappa shape index (κ2) is 9.31. The number of rotatable bonds is 5. The third kappa shape index (κ3) is 4.48. The molecule has 2 aliphatic rings. The van der Waals surface area contributed by atoms with E-state index < -0.39 is 6.04 Å². The highest BCUT2D eigenvalue weighted by molar-refractivity contribution is 7.80. The standard InChI is InChI=1S/C25H27N5O2S/c1-29-20-13-7-8-14-21(20)32-16-19(25(29)33)26-24(31)23-27-22(15-17-9-3-2-4-10-17)30(28-23)18-11-5-6-12-18/h2-4,7-10,13-14,18-19H,5-6,11-12,15-16H2,1H3,(H,26,31)/t19-/m0/s1. The molecular weight excluding hydrogens is 434 g/mol. The quantitative estimate of drug-likeness (QED) is 0.581. The van der Waals surface area contributed by atoms with Crippen molar-refractivity contribution in [3.8, 4) is 5.75 Å². The largest absolute Gasteiger partial charge is 0.489 e. The third-order valence-electron chi connectivity index (χ3n) is 6.35. The number of para-hydroxylation sites is 2. The van der Waals surface area contributed by atoms with Gasteiger partial charge in [0.2, 0.25) is 5.82 Å². The van der Waals surface area contributed by atoms with Crippen molar-refractivity contribution in [3.05, 3.63) is 71.8 Å². The molecule has 1 atom stereocenters. The number of likely N-dealkylation sites (N-methyl/N-ethyl adjacent to an activating group) is 1. The van der Waals surface area contributed by atoms with Crippen molar-refractivity contribution in [1.82, 2.24) is 20.1 Å². The minimum Gasteiger partial charge on any atom is -0.489 e. The van der Waals surface area contributed by atoms with Crippen LogP contribution in [0.3, 0.4) is 0 Å². The number of nitrogens with zero attached hydrogens (tertiary/aromatic N) is 4. The number of carbonyl (C=O) groups is 1. The van der Waals surface area contributed by atoms with Crippen LogP contribution in [0.15, 0.2) is 54.6 Å². The molecule has 170 valence electrons. The maximum absolute atomic E-state index is 13.2. The van der Waals surface area contributed by atoms with E-state index in [4.69, 9.17) is 17.0 Å². The lowest BCUT2D eigenvalue weighted by atomic mass is 10.1. The Morgan fingerprint density at radius 2 is 1.85 bits per heavy atom. The summed E-state index contributed by atoms with van der Waals surface area (Å²) in [7, 11) is 1.89. The smallest absolute Gasteiger partial charge is 0.291 e. The van der Waals surface area contributed by atoms with Crippen LogP contribution in [0.4, 0.5) is 5.69 Å². The van der Waals surface area contributed by atoms with E-state index in [9.17, 15) is 4.79 Å². The Kier molecular flexibility index (Phi) is 6.09. The van der Waals surface area contributed by atoms with Crippen LogP contribution in [0, 0.1) is 0 Å². The molecule has 1 amide bonds. The summed E-state index contributed by atoms with van der Waals surface area (Å²) in [6.07, 6.45) is 5.13. The summed E-state index contributed by atoms with van der Waals surface area (Å²) in [5, 5.41) is 7.66. The molecule has 0 radical (unpaired) electrons. The number of hydrogen-bond donors (Lipinski definition) is 1. The number of amides is 1. The fourth-order valence-corrected chi connectivity index (χ4v) is 4.80. The highest BCUT2D eigenvalue weighted by Crippen LogP contribution is 2.31. The fraction of sp³-hybridized carbons (Fsp3) is 0.360. The summed E-state index contributed by atoms with van der Waals surface area (Å²) in [5.74, 6) is 1.41. The first-order valence-corrected chi connectivity index (χ1v) is 11.8. The van der Waals surface area contributed by atoms with Gasteiger partial charge in [-0.05, 0) is 30.5 Å². The van der Waals surface area contributed by atoms with E-state index in [2.05, 4.69) is 27.5 Å². The number of thiocarbonyl (C=S) groups is 1. The van der Waals surface area contributed by atoms with Gasteiger partial charge in [0.25, 0.3) is 5.91 Å². The van der Waals surface area contributed by atoms with Gasteiger partial charge in [0, 0.05) is 13.5 Å². The SMILES string of the molecule is CN1C(=S)[C@@H](NC(=O)c2nc(Cc3ccccc3)n(C3CCCC3)n2)COc2ccccc21. The summed E-state index contributed by atoms with van der Waals surface area (Å²) in [6, 6.07) is 17.7. The molecule has 3 aromatic rings. The highest BCUT2D eigenvalue weighted by atomic mass is 32.1. The number of carbonyl (C=O) groups excluding carboxylic acids is 1. The zero-order chi connectivity index (χ0) is 22.8. The minimum atomic E-state index is -0.457. The lowest BCUT2D eigenvalue weighted by Gasteiger charge is -2.23. The number of aromatic nitrogens is 3. The molecule has 5 rings (SSSR count). The van der Waals surface area contributed by atoms with Crippen molar-refractivity contribution in [2.24, 2.45) is 0 Å². The monoisotopic (exact) mass is 461 g/mol. The van der Waals surface area contributed by atoms with Gasteiger partial charge in [0.05, 0.1) is 11.7 Å². The predicted molar refractivity (Wildman–Crippen MR) is 131 cm³/mol. The average molecular weight is 462 g/mol. The van der Waals surface area contributed by atoms with Crippen LogP contribution in [0.25, 0.3) is 0 Å². The molecule has 33 heavy (non-hydrogen) atoms. The first-order valence-electron chi connectivity index (χ1n) is 11.4. The molecule has 0 bridgehead atoms. The van der Waals surface area contributed by atoms with Crippen LogP contribution in [-0.4, -0.2) is 45.4 Å². The summed E-state index contributed by atoms with van der Waals surface area (Å²) < 4.78 is 7.91. The lowest BCUT2D eigenvalue weighted by Crippen LogP contribution is -2.48. The van der Waals surface area contributed by atoms with Crippen molar-refractivity contribution in [2.45, 2.75) is 44.2 Å². The Bertz CT molecular complexity index is 1160. The van der Waals surface area contributed by atoms with E-state index in [0.717, 1.165) is 35.7 Å². The van der Waals surface area contributed by atoms with E-state index in [-0.39, 0.29) is 18.3 Å². The number of fused-ring (bicyclic) bond motifs is 1. The second-order valence-electron chi connectivity index (χ2n) is 8.60. The zero-order valence-corrected chi connectivity index (χ0v) is 19.4. The lowest BCUT2D eigenvalue weighted by molar-refractivity contribution is 0.0926. The van der Waals surface area contributed by atoms with E-state index in [0.29, 0.717) is 17.5 Å². The van der Waals surface area contributed by atoms with E-state index >= 15 is 0 Å². The molecule has 0 saturated heterocycles. The van der Waals surface area contributed by atoms with Gasteiger partial charge in [-0.3, -0.25) is 4.79 Å². The van der Waals surface area contributed by atoms with Gasteiger partial charge >= 0.3 is 0 Å². The van der Waals surface area contributed by atoms with Crippen LogP contribution in [0.5, 0.6) is 5.75 Å². The van der Waals surface area contributed by atoms with Gasteiger partial charge in [-0.2, -0.15) is 0 Å². The van der Waals surface area contributed by atoms with Crippen molar-refractivity contribution in [2.75, 3.05) is 18.6 Å². The number of anilines is 1. The third-order valence-corrected chi connectivity index (χ3v) is 6.91. The molecule has 0 unspecified atom stereocenters. The Hall–Kier alpha value is -3.26. The summed E-state index contributed by atoms with van der Waals surface area (Å²) in [4.78, 5) is 20.3. The van der Waals surface area contributed by atoms with Crippen molar-refractivity contribution >= 4 is 28.8 Å². The van der Waals surface area contributed by atoms with E-state index in [1.165, 1.54) is 12.8 Å². The molecule has 1 aliphatic heterocycles. The number of benzene rings is 2. The predicted octanol–water partition coefficient (Wildman–Crippen LogP) is 3.94. The number of nitrogens with one attached hydrogen (secondary N) is 1. The first kappa shape index (κ1) is 21.6. The van der Waals surface area contributed by atoms with Crippen LogP contribution in [-0.2, 0) is 6.42 Å². The van der Waals surface area contributed by atoms with E-state index in [1.807, 2.05) is 59.1 Å². The Morgan fingerprint density at radius 1 is 1.12 bits per heavy atom. The van der Waals surface area contributed by atoms with Crippen LogP contribution >= 0.6 is 12.2 Å². The molecule has 1 fully saturated rings. The van der Waals surface area contributed by atoms with Crippen LogP contribution in [0.1, 0.15) is 53.7 Å². The maximum atomic E-state index is 13.2. The Labute approximate surface area is 198 Å². The molecule has 1 aliphatic carbocycles. The van der Waals surface area contributed by atoms with Crippen molar-refractivity contribution < 1.29 is 9.53 Å². The minimum absolute atomic E-state index is 0.181. The zero-order valence-electron chi connectivity index (χ0n) is 18.6.